The van der Waals surface area contributed by atoms with E-state index in [1.54, 1.807) is 11.1 Å². The predicted octanol–water partition coefficient (Wildman–Crippen LogP) is 0.972. The third-order valence-corrected chi connectivity index (χ3v) is 5.70. The van der Waals surface area contributed by atoms with Gasteiger partial charge in [0, 0.05) is 49.6 Å². The second kappa shape index (κ2) is 8.76. The van der Waals surface area contributed by atoms with Gasteiger partial charge in [0.25, 0.3) is 0 Å². The highest BCUT2D eigenvalue weighted by molar-refractivity contribution is 6.10. The number of nitrogens with zero attached hydrogens (tertiary/aromatic N) is 3. The zero-order chi connectivity index (χ0) is 21.1. The van der Waals surface area contributed by atoms with Gasteiger partial charge in [0.05, 0.1) is 11.9 Å². The molecule has 2 aromatic rings. The van der Waals surface area contributed by atoms with Gasteiger partial charge in [0.1, 0.15) is 6.04 Å². The Morgan fingerprint density at radius 1 is 1.20 bits per heavy atom. The number of hydrogen-bond acceptors (Lipinski definition) is 6. The zero-order valence-electron chi connectivity index (χ0n) is 16.6. The van der Waals surface area contributed by atoms with Gasteiger partial charge >= 0.3 is 12.0 Å². The summed E-state index contributed by atoms with van der Waals surface area (Å²) in [6.07, 6.45) is 5.47. The molecule has 9 nitrogen and oxygen atoms in total. The van der Waals surface area contributed by atoms with Crippen LogP contribution >= 0.6 is 0 Å². The van der Waals surface area contributed by atoms with Crippen LogP contribution in [0.15, 0.2) is 30.6 Å². The van der Waals surface area contributed by atoms with Crippen molar-refractivity contribution in [3.8, 4) is 0 Å². The lowest BCUT2D eigenvalue weighted by molar-refractivity contribution is -0.140. The molecule has 0 unspecified atom stereocenters. The van der Waals surface area contributed by atoms with Crippen molar-refractivity contribution in [2.75, 3.05) is 37.6 Å². The first-order valence-electron chi connectivity index (χ1n) is 10.2. The number of amides is 3. The van der Waals surface area contributed by atoms with Crippen molar-refractivity contribution in [3.05, 3.63) is 36.2 Å². The average molecular weight is 411 g/mol. The maximum absolute atomic E-state index is 12.3. The number of fused-ring (bicyclic) bond motifs is 1. The van der Waals surface area contributed by atoms with Gasteiger partial charge in [0.2, 0.25) is 5.91 Å². The Bertz CT molecular complexity index is 979. The second-order valence-electron chi connectivity index (χ2n) is 7.67. The molecule has 0 aliphatic carbocycles. The summed E-state index contributed by atoms with van der Waals surface area (Å²) in [4.78, 5) is 43.0. The van der Waals surface area contributed by atoms with E-state index in [0.29, 0.717) is 25.3 Å². The average Bonchev–Trinajstić information content (AvgIpc) is 2.74. The lowest BCUT2D eigenvalue weighted by atomic mass is 10.0. The van der Waals surface area contributed by atoms with Crippen LogP contribution in [0.1, 0.15) is 18.4 Å². The molecule has 0 spiro atoms. The number of imide groups is 1. The summed E-state index contributed by atoms with van der Waals surface area (Å²) in [6.45, 7) is 3.20. The van der Waals surface area contributed by atoms with Crippen molar-refractivity contribution in [1.29, 1.82) is 0 Å². The summed E-state index contributed by atoms with van der Waals surface area (Å²) in [5.41, 5.74) is 1.84. The fourth-order valence-electron chi connectivity index (χ4n) is 4.14. The van der Waals surface area contributed by atoms with Crippen LogP contribution in [0.3, 0.4) is 0 Å². The normalized spacial score (nSPS) is 20.4. The molecule has 0 bridgehead atoms. The molecule has 9 heteroatoms. The van der Waals surface area contributed by atoms with Gasteiger partial charge in [-0.2, -0.15) is 0 Å². The van der Waals surface area contributed by atoms with Crippen molar-refractivity contribution in [2.24, 2.45) is 0 Å². The van der Waals surface area contributed by atoms with Gasteiger partial charge in [-0.25, -0.2) is 4.79 Å². The molecule has 30 heavy (non-hydrogen) atoms. The molecule has 2 aliphatic heterocycles. The van der Waals surface area contributed by atoms with Gasteiger partial charge in [-0.05, 0) is 24.9 Å². The van der Waals surface area contributed by atoms with Gasteiger partial charge in [0.15, 0.2) is 0 Å². The first-order valence-corrected chi connectivity index (χ1v) is 10.2. The molecule has 0 saturated carbocycles. The topological polar surface area (TPSA) is 115 Å². The molecule has 0 radical (unpaired) electrons. The van der Waals surface area contributed by atoms with Crippen LogP contribution < -0.4 is 15.5 Å². The smallest absolute Gasteiger partial charge is 0.328 e. The number of aliphatic carboxylic acids is 1. The van der Waals surface area contributed by atoms with E-state index >= 15 is 0 Å². The summed E-state index contributed by atoms with van der Waals surface area (Å²) >= 11 is 0. The van der Waals surface area contributed by atoms with Crippen molar-refractivity contribution in [1.82, 2.24) is 20.5 Å². The summed E-state index contributed by atoms with van der Waals surface area (Å²) in [5, 5.41) is 16.5. The largest absolute Gasteiger partial charge is 0.480 e. The number of carbonyl (C=O) groups is 3. The van der Waals surface area contributed by atoms with Crippen molar-refractivity contribution < 1.29 is 19.5 Å². The Labute approximate surface area is 174 Å². The Kier molecular flexibility index (Phi) is 5.91. The lowest BCUT2D eigenvalue weighted by Crippen LogP contribution is -2.54. The predicted molar refractivity (Wildman–Crippen MR) is 111 cm³/mol. The third kappa shape index (κ3) is 4.27. The van der Waals surface area contributed by atoms with E-state index in [9.17, 15) is 19.5 Å². The first kappa shape index (κ1) is 20.2. The molecule has 1 aromatic carbocycles. The SMILES string of the molecule is O=C1CCN(c2cncc3c(CCCN4CCN[C@H](C(=O)O)C4)cccc23)C(=O)N1. The monoisotopic (exact) mass is 411 g/mol. The minimum Gasteiger partial charge on any atom is -0.480 e. The zero-order valence-corrected chi connectivity index (χ0v) is 16.6. The number of benzene rings is 1. The molecular formula is C21H25N5O4. The standard InChI is InChI=1S/C21H25N5O4/c27-19-6-9-26(21(30)24-19)18-12-22-11-16-14(3-1-5-15(16)18)4-2-8-25-10-7-23-17(13-25)20(28)29/h1,3,5,11-12,17,23H,2,4,6-10,13H2,(H,28,29)(H,24,27,30)/t17-/m0/s1. The number of pyridine rings is 1. The first-order chi connectivity index (χ1) is 14.5. The minimum atomic E-state index is -0.809. The second-order valence-corrected chi connectivity index (χ2v) is 7.67. The van der Waals surface area contributed by atoms with E-state index in [2.05, 4.69) is 26.6 Å². The molecule has 3 heterocycles. The number of aryl methyl sites for hydroxylation is 1. The molecule has 4 rings (SSSR count). The molecule has 1 atom stereocenters. The highest BCUT2D eigenvalue weighted by atomic mass is 16.4. The number of carboxylic acids is 1. The van der Waals surface area contributed by atoms with Crippen LogP contribution in [0.5, 0.6) is 0 Å². The van der Waals surface area contributed by atoms with E-state index in [4.69, 9.17) is 0 Å². The molecule has 3 amide bonds. The van der Waals surface area contributed by atoms with Gasteiger partial charge in [-0.1, -0.05) is 18.2 Å². The summed E-state index contributed by atoms with van der Waals surface area (Å²) < 4.78 is 0. The Morgan fingerprint density at radius 3 is 2.87 bits per heavy atom. The van der Waals surface area contributed by atoms with Crippen LogP contribution in [0.4, 0.5) is 10.5 Å². The number of carbonyl (C=O) groups excluding carboxylic acids is 2. The molecule has 158 valence electrons. The van der Waals surface area contributed by atoms with Crippen LogP contribution in [0.2, 0.25) is 0 Å². The number of aromatic nitrogens is 1. The van der Waals surface area contributed by atoms with Crippen molar-refractivity contribution in [3.63, 3.8) is 0 Å². The number of anilines is 1. The van der Waals surface area contributed by atoms with Crippen LogP contribution in [0.25, 0.3) is 10.8 Å². The number of carboxylic acid groups (broad SMARTS) is 1. The van der Waals surface area contributed by atoms with Crippen LogP contribution in [-0.4, -0.2) is 71.7 Å². The molecular weight excluding hydrogens is 386 g/mol. The molecule has 2 saturated heterocycles. The summed E-state index contributed by atoms with van der Waals surface area (Å²) in [5.74, 6) is -1.07. The Hall–Kier alpha value is -3.04. The number of piperazine rings is 1. The third-order valence-electron chi connectivity index (χ3n) is 5.70. The van der Waals surface area contributed by atoms with E-state index in [1.165, 1.54) is 0 Å². The van der Waals surface area contributed by atoms with Gasteiger partial charge in [-0.15, -0.1) is 0 Å². The van der Waals surface area contributed by atoms with E-state index < -0.39 is 18.0 Å². The maximum atomic E-state index is 12.3. The number of hydrogen-bond donors (Lipinski definition) is 3. The lowest BCUT2D eigenvalue weighted by Gasteiger charge is -2.31. The fraction of sp³-hybridized carbons (Fsp3) is 0.429. The summed E-state index contributed by atoms with van der Waals surface area (Å²) in [7, 11) is 0. The Balaban J connectivity index is 1.47. The van der Waals surface area contributed by atoms with Crippen molar-refractivity contribution in [2.45, 2.75) is 25.3 Å². The molecule has 1 aromatic heterocycles. The number of rotatable bonds is 6. The van der Waals surface area contributed by atoms with E-state index in [1.807, 2.05) is 18.3 Å². The van der Waals surface area contributed by atoms with E-state index in [0.717, 1.165) is 42.3 Å². The van der Waals surface area contributed by atoms with Crippen LogP contribution in [-0.2, 0) is 16.0 Å². The van der Waals surface area contributed by atoms with Crippen molar-refractivity contribution >= 4 is 34.4 Å². The van der Waals surface area contributed by atoms with Crippen LogP contribution in [0, 0.1) is 0 Å². The number of urea groups is 1. The molecule has 2 aliphatic rings. The maximum Gasteiger partial charge on any atom is 0.328 e. The highest BCUT2D eigenvalue weighted by Crippen LogP contribution is 2.29. The minimum absolute atomic E-state index is 0.261. The van der Waals surface area contributed by atoms with E-state index in [-0.39, 0.29) is 12.3 Å². The fourth-order valence-corrected chi connectivity index (χ4v) is 4.14. The molecule has 3 N–H and O–H groups in total. The van der Waals surface area contributed by atoms with Gasteiger partial charge < -0.3 is 10.4 Å². The number of nitrogens with one attached hydrogen (secondary N) is 2. The van der Waals surface area contributed by atoms with Gasteiger partial charge in [-0.3, -0.25) is 29.7 Å². The molecule has 2 fully saturated rings. The quantitative estimate of drug-likeness (QED) is 0.649. The Morgan fingerprint density at radius 2 is 2.07 bits per heavy atom. The summed E-state index contributed by atoms with van der Waals surface area (Å²) in [6, 6.07) is 5.07. The highest BCUT2D eigenvalue weighted by Gasteiger charge is 2.26.